The fourth-order valence-electron chi connectivity index (χ4n) is 8.71. The number of ether oxygens (including phenoxy) is 3. The Balaban J connectivity index is 1.36. The van der Waals surface area contributed by atoms with Crippen LogP contribution in [0.15, 0.2) is 60.7 Å². The first kappa shape index (κ1) is 52.7. The molecule has 1 fully saturated rings. The Morgan fingerprint density at radius 1 is 0.901 bits per heavy atom. The number of nitriles is 1. The first-order valence-corrected chi connectivity index (χ1v) is 23.8. The summed E-state index contributed by atoms with van der Waals surface area (Å²) in [6, 6.07) is 14.2. The molecule has 0 spiro atoms. The SMILES string of the molecule is Cc1nc(-c2ccc(OC3CCCCC3)cc2)nc(C)c1C(=O)NC(CCNC=O)C(=O)N(C)C1C(=O)NC(C)C(=O)NC(C(=O)NCC#N)Cc2ccc(OCCN)c(c2)-c2cc1ccc2OCCN. The van der Waals surface area contributed by atoms with Crippen molar-refractivity contribution >= 4 is 35.9 Å². The van der Waals surface area contributed by atoms with Gasteiger partial charge in [-0.1, -0.05) is 18.6 Å². The highest BCUT2D eigenvalue weighted by Gasteiger charge is 2.37. The molecule has 1 aliphatic carbocycles. The molecule has 4 bridgehead atoms. The first-order valence-electron chi connectivity index (χ1n) is 23.8. The molecule has 71 heavy (non-hydrogen) atoms. The average molecular weight is 974 g/mol. The predicted molar refractivity (Wildman–Crippen MR) is 263 cm³/mol. The number of nitrogens with one attached hydrogen (secondary N) is 5. The molecular weight excluding hydrogens is 911 g/mol. The van der Waals surface area contributed by atoms with Crippen molar-refractivity contribution in [2.45, 2.75) is 96.0 Å². The van der Waals surface area contributed by atoms with Gasteiger partial charge in [-0.2, -0.15) is 5.26 Å². The number of fused-ring (bicyclic) bond motifs is 5. The normalized spacial score (nSPS) is 17.5. The van der Waals surface area contributed by atoms with Gasteiger partial charge in [0.05, 0.1) is 29.1 Å². The fraction of sp³-hybridized carbons (Fsp3) is 0.431. The Morgan fingerprint density at radius 3 is 2.18 bits per heavy atom. The number of amides is 6. The van der Waals surface area contributed by atoms with Gasteiger partial charge < -0.3 is 57.2 Å². The molecule has 6 rings (SSSR count). The predicted octanol–water partition coefficient (Wildman–Crippen LogP) is 2.43. The van der Waals surface area contributed by atoms with Crippen molar-refractivity contribution in [2.75, 3.05) is 46.4 Å². The van der Waals surface area contributed by atoms with Crippen LogP contribution in [0.3, 0.4) is 0 Å². The van der Waals surface area contributed by atoms with Crippen molar-refractivity contribution in [3.05, 3.63) is 88.7 Å². The molecule has 4 aromatic rings. The zero-order chi connectivity index (χ0) is 51.0. The molecule has 4 atom stereocenters. The second kappa shape index (κ2) is 25.3. The van der Waals surface area contributed by atoms with Gasteiger partial charge in [-0.3, -0.25) is 28.8 Å². The molecular formula is C51H63N11O9. The van der Waals surface area contributed by atoms with Crippen molar-refractivity contribution in [2.24, 2.45) is 11.5 Å². The summed E-state index contributed by atoms with van der Waals surface area (Å²) in [7, 11) is 1.39. The number of hydrogen-bond acceptors (Lipinski definition) is 14. The molecule has 4 unspecified atom stereocenters. The summed E-state index contributed by atoms with van der Waals surface area (Å²) < 4.78 is 18.4. The minimum Gasteiger partial charge on any atom is -0.492 e. The van der Waals surface area contributed by atoms with E-state index in [1.165, 1.54) is 20.4 Å². The number of likely N-dealkylation sites (N-methyl/N-ethyl adjacent to an activating group) is 1. The van der Waals surface area contributed by atoms with Crippen LogP contribution >= 0.6 is 0 Å². The molecule has 20 nitrogen and oxygen atoms in total. The lowest BCUT2D eigenvalue weighted by Crippen LogP contribution is -2.56. The number of nitrogens with zero attached hydrogens (tertiary/aromatic N) is 4. The second-order valence-corrected chi connectivity index (χ2v) is 17.5. The standard InChI is InChI=1S/C51H63N11O9/c1-30-44(31(2)58-46(57-30)34-11-14-37(15-12-34)71-36-8-6-5-7-9-36)49(66)60-40(18-22-55-29-63)51(68)62(4)45-35-13-17-43(70-25-21-54)39(28-35)38-26-33(10-16-42(38)69-24-20-53)27-41(48(65)56-23-19-52)61-47(64)32(3)59-50(45)67/h10-17,26,28-29,32,36,40-41,45H,5-9,18,20-25,27,53-54H2,1-4H3,(H,55,63)(H,56,65)(H,59,67)(H,60,66)(H,61,64). The van der Waals surface area contributed by atoms with E-state index in [4.69, 9.17) is 25.7 Å². The Morgan fingerprint density at radius 2 is 1.55 bits per heavy atom. The lowest BCUT2D eigenvalue weighted by atomic mass is 9.93. The molecule has 376 valence electrons. The third-order valence-corrected chi connectivity index (χ3v) is 12.3. The van der Waals surface area contributed by atoms with Crippen LogP contribution in [0, 0.1) is 25.2 Å². The van der Waals surface area contributed by atoms with Crippen LogP contribution in [0.25, 0.3) is 22.5 Å². The van der Waals surface area contributed by atoms with E-state index < -0.39 is 53.7 Å². The maximum Gasteiger partial charge on any atom is 0.255 e. The number of carbonyl (C=O) groups excluding carboxylic acids is 6. The quantitative estimate of drug-likeness (QED) is 0.0404. The largest absolute Gasteiger partial charge is 0.492 e. The molecule has 1 aromatic heterocycles. The molecule has 1 saturated carbocycles. The highest BCUT2D eigenvalue weighted by Crippen LogP contribution is 2.40. The number of rotatable bonds is 19. The van der Waals surface area contributed by atoms with Gasteiger partial charge in [0.25, 0.3) is 5.91 Å². The summed E-state index contributed by atoms with van der Waals surface area (Å²) in [6.45, 7) is 5.01. The molecule has 2 aliphatic rings. The molecule has 0 saturated heterocycles. The minimum absolute atomic E-state index is 0.0162. The number of carbonyl (C=O) groups is 6. The maximum absolute atomic E-state index is 14.9. The van der Waals surface area contributed by atoms with Crippen LogP contribution in [-0.4, -0.2) is 121 Å². The summed E-state index contributed by atoms with van der Waals surface area (Å²) in [6.07, 6.45) is 6.12. The zero-order valence-corrected chi connectivity index (χ0v) is 40.5. The van der Waals surface area contributed by atoms with Gasteiger partial charge in [0.2, 0.25) is 30.0 Å². The van der Waals surface area contributed by atoms with Gasteiger partial charge in [0, 0.05) is 49.8 Å². The average Bonchev–Trinajstić information content (AvgIpc) is 3.36. The van der Waals surface area contributed by atoms with Gasteiger partial charge in [-0.25, -0.2) is 9.97 Å². The summed E-state index contributed by atoms with van der Waals surface area (Å²) in [5, 5.41) is 22.5. The molecule has 9 N–H and O–H groups in total. The molecule has 6 amide bonds. The van der Waals surface area contributed by atoms with Crippen molar-refractivity contribution < 1.29 is 43.0 Å². The number of nitrogens with two attached hydrogens (primary N) is 2. The molecule has 20 heteroatoms. The summed E-state index contributed by atoms with van der Waals surface area (Å²) in [5.41, 5.74) is 15.0. The molecule has 2 heterocycles. The van der Waals surface area contributed by atoms with Crippen LogP contribution in [0.1, 0.15) is 84.4 Å². The summed E-state index contributed by atoms with van der Waals surface area (Å²) in [4.78, 5) is 93.0. The van der Waals surface area contributed by atoms with E-state index >= 15 is 0 Å². The first-order chi connectivity index (χ1) is 34.3. The minimum atomic E-state index is -1.46. The smallest absolute Gasteiger partial charge is 0.255 e. The third-order valence-electron chi connectivity index (χ3n) is 12.3. The van der Waals surface area contributed by atoms with E-state index in [0.29, 0.717) is 51.8 Å². The molecule has 3 aromatic carbocycles. The van der Waals surface area contributed by atoms with Crippen molar-refractivity contribution in [1.29, 1.82) is 5.26 Å². The maximum atomic E-state index is 14.9. The van der Waals surface area contributed by atoms with Crippen LogP contribution in [-0.2, 0) is 30.4 Å². The van der Waals surface area contributed by atoms with Gasteiger partial charge >= 0.3 is 0 Å². The van der Waals surface area contributed by atoms with Gasteiger partial charge in [-0.15, -0.1) is 0 Å². The topological polar surface area (TPSA) is 295 Å². The van der Waals surface area contributed by atoms with Crippen LogP contribution in [0.2, 0.25) is 0 Å². The third kappa shape index (κ3) is 13.6. The van der Waals surface area contributed by atoms with Crippen LogP contribution in [0.5, 0.6) is 17.2 Å². The Labute approximate surface area is 413 Å². The van der Waals surface area contributed by atoms with Gasteiger partial charge in [0.15, 0.2) is 5.82 Å². The zero-order valence-electron chi connectivity index (χ0n) is 40.5. The number of aryl methyl sites for hydroxylation is 2. The lowest BCUT2D eigenvalue weighted by molar-refractivity contribution is -0.141. The van der Waals surface area contributed by atoms with E-state index in [1.807, 2.05) is 30.3 Å². The second-order valence-electron chi connectivity index (χ2n) is 17.5. The Kier molecular flexibility index (Phi) is 18.8. The summed E-state index contributed by atoms with van der Waals surface area (Å²) >= 11 is 0. The fourth-order valence-corrected chi connectivity index (χ4v) is 8.71. The van der Waals surface area contributed by atoms with Crippen LogP contribution in [0.4, 0.5) is 0 Å². The van der Waals surface area contributed by atoms with E-state index in [-0.39, 0.29) is 69.5 Å². The monoisotopic (exact) mass is 973 g/mol. The van der Waals surface area contributed by atoms with Crippen LogP contribution < -0.4 is 52.3 Å². The van der Waals surface area contributed by atoms with E-state index in [2.05, 4.69) is 36.6 Å². The lowest BCUT2D eigenvalue weighted by Gasteiger charge is -2.33. The highest BCUT2D eigenvalue weighted by atomic mass is 16.5. The Hall–Kier alpha value is -7.63. The molecule has 1 aliphatic heterocycles. The summed E-state index contributed by atoms with van der Waals surface area (Å²) in [5.74, 6) is -1.65. The Bertz CT molecular complexity index is 2570. The van der Waals surface area contributed by atoms with Crippen molar-refractivity contribution in [1.82, 2.24) is 41.5 Å². The molecule has 0 radical (unpaired) electrons. The van der Waals surface area contributed by atoms with Crippen molar-refractivity contribution in [3.63, 3.8) is 0 Å². The van der Waals surface area contributed by atoms with E-state index in [1.54, 1.807) is 50.2 Å². The van der Waals surface area contributed by atoms with Crippen molar-refractivity contribution in [3.8, 4) is 45.8 Å². The van der Waals surface area contributed by atoms with E-state index in [0.717, 1.165) is 41.9 Å². The highest BCUT2D eigenvalue weighted by molar-refractivity contribution is 6.00. The number of benzene rings is 3. The van der Waals surface area contributed by atoms with Gasteiger partial charge in [-0.05, 0) is 113 Å². The van der Waals surface area contributed by atoms with Gasteiger partial charge in [0.1, 0.15) is 61.2 Å². The number of aromatic nitrogens is 2. The van der Waals surface area contributed by atoms with E-state index in [9.17, 15) is 34.0 Å². The number of hydrogen-bond donors (Lipinski definition) is 7.